The van der Waals surface area contributed by atoms with Crippen LogP contribution < -0.4 is 15.4 Å². The lowest BCUT2D eigenvalue weighted by Gasteiger charge is -2.27. The fraction of sp³-hybridized carbons (Fsp3) is 0.575. The van der Waals surface area contributed by atoms with Gasteiger partial charge in [-0.05, 0) is 18.6 Å². The smallest absolute Gasteiger partial charge is 0.313 e. The van der Waals surface area contributed by atoms with E-state index in [4.69, 9.17) is 42.6 Å². The molecule has 2 aliphatic heterocycles. The molecule has 0 radical (unpaired) electrons. The van der Waals surface area contributed by atoms with Gasteiger partial charge in [-0.15, -0.1) is 0 Å². The highest BCUT2D eigenvalue weighted by Crippen LogP contribution is 2.32. The van der Waals surface area contributed by atoms with Gasteiger partial charge in [0, 0.05) is 18.7 Å². The zero-order chi connectivity index (χ0) is 45.4. The Bertz CT molecular complexity index is 1800. The first-order valence-electron chi connectivity index (χ1n) is 20.0. The second-order valence-electron chi connectivity index (χ2n) is 13.2. The minimum Gasteiger partial charge on any atom is -0.420 e. The first-order valence-corrected chi connectivity index (χ1v) is 20.0. The summed E-state index contributed by atoms with van der Waals surface area (Å²) in [6.07, 6.45) is -0.376. The summed E-state index contributed by atoms with van der Waals surface area (Å²) in [5.74, 6) is -16.5. The predicted octanol–water partition coefficient (Wildman–Crippen LogP) is 2.34. The van der Waals surface area contributed by atoms with Gasteiger partial charge in [-0.2, -0.15) is 8.78 Å². The normalized spacial score (nSPS) is 15.0. The van der Waals surface area contributed by atoms with E-state index in [2.05, 4.69) is 15.4 Å². The molecule has 0 saturated carbocycles. The van der Waals surface area contributed by atoms with Gasteiger partial charge < -0.3 is 52.7 Å². The van der Waals surface area contributed by atoms with Crippen molar-refractivity contribution in [2.45, 2.75) is 25.3 Å². The number of anilines is 1. The number of rotatable bonds is 33. The van der Waals surface area contributed by atoms with E-state index in [1.54, 1.807) is 12.1 Å². The van der Waals surface area contributed by atoms with Gasteiger partial charge in [-0.25, -0.2) is 13.2 Å². The Balaban J connectivity index is 0.841. The van der Waals surface area contributed by atoms with Crippen LogP contribution in [0.1, 0.15) is 40.0 Å². The Morgan fingerprint density at radius 1 is 0.587 bits per heavy atom. The summed E-state index contributed by atoms with van der Waals surface area (Å²) >= 11 is 0. The van der Waals surface area contributed by atoms with Gasteiger partial charge >= 0.3 is 5.97 Å². The number of fused-ring (bicyclic) bond motifs is 1. The van der Waals surface area contributed by atoms with Crippen molar-refractivity contribution in [3.05, 3.63) is 58.4 Å². The van der Waals surface area contributed by atoms with Crippen LogP contribution in [0.25, 0.3) is 0 Å². The number of carbonyl (C=O) groups excluding carboxylic acids is 5. The van der Waals surface area contributed by atoms with Crippen LogP contribution >= 0.6 is 0 Å². The Kier molecular flexibility index (Phi) is 22.8. The van der Waals surface area contributed by atoms with Gasteiger partial charge in [0.15, 0.2) is 0 Å². The molecule has 1 fully saturated rings. The van der Waals surface area contributed by atoms with E-state index in [1.165, 1.54) is 6.07 Å². The Morgan fingerprint density at radius 2 is 1.02 bits per heavy atom. The standard InChI is InChI=1S/C40H50F5N3O15/c41-32-33(42)35(44)37(36(45)34(32)43)63-30(50)6-8-54-10-12-56-14-16-58-18-20-60-22-24-62-25-23-61-21-19-59-17-15-57-13-11-55-9-7-46-27-3-1-2-26-31(27)40(53)48(39(26)52)28-4-5-29(49)47-38(28)51/h1-3,28,46H,4-25H2,(H,47,49,51). The van der Waals surface area contributed by atoms with Gasteiger partial charge in [0.1, 0.15) is 6.04 Å². The van der Waals surface area contributed by atoms with E-state index in [1.807, 2.05) is 0 Å². The van der Waals surface area contributed by atoms with Gasteiger partial charge in [-0.3, -0.25) is 34.2 Å². The number of ether oxygens (including phenoxy) is 10. The van der Waals surface area contributed by atoms with E-state index >= 15 is 0 Å². The molecule has 1 saturated heterocycles. The van der Waals surface area contributed by atoms with Crippen LogP contribution in [0.4, 0.5) is 27.6 Å². The molecule has 2 heterocycles. The molecule has 2 aromatic carbocycles. The Morgan fingerprint density at radius 3 is 1.48 bits per heavy atom. The average molecular weight is 908 g/mol. The SMILES string of the molecule is O=C1CCC(N2C(=O)c3cccc(NCCOCCOCCOCCOCCOCCOCCOCCOCCOCCC(=O)Oc4c(F)c(F)c(F)c(F)c4F)c3C2=O)C(=O)N1. The highest BCUT2D eigenvalue weighted by Gasteiger charge is 2.45. The third kappa shape index (κ3) is 16.4. The number of esters is 1. The van der Waals surface area contributed by atoms with Crippen LogP contribution in [-0.2, 0) is 57.0 Å². The molecule has 1 atom stereocenters. The van der Waals surface area contributed by atoms with E-state index in [9.17, 15) is 45.9 Å². The first kappa shape index (κ1) is 50.9. The molecule has 0 aromatic heterocycles. The number of benzene rings is 2. The second kappa shape index (κ2) is 28.2. The zero-order valence-corrected chi connectivity index (χ0v) is 34.3. The van der Waals surface area contributed by atoms with E-state index in [-0.39, 0.29) is 57.0 Å². The summed E-state index contributed by atoms with van der Waals surface area (Å²) in [5, 5.41) is 5.29. The monoisotopic (exact) mass is 907 g/mol. The molecule has 2 aromatic rings. The van der Waals surface area contributed by atoms with Crippen molar-refractivity contribution in [3.63, 3.8) is 0 Å². The maximum atomic E-state index is 13.6. The lowest BCUT2D eigenvalue weighted by Crippen LogP contribution is -2.54. The molecule has 18 nitrogen and oxygen atoms in total. The number of nitrogens with zero attached hydrogens (tertiary/aromatic N) is 1. The van der Waals surface area contributed by atoms with Crippen molar-refractivity contribution < 1.29 is 93.3 Å². The summed E-state index contributed by atoms with van der Waals surface area (Å²) in [6.45, 7) is 5.57. The predicted molar refractivity (Wildman–Crippen MR) is 205 cm³/mol. The van der Waals surface area contributed by atoms with E-state index in [0.717, 1.165) is 4.90 Å². The number of halogens is 5. The number of carbonyl (C=O) groups is 5. The number of imide groups is 2. The Hall–Kier alpha value is -4.72. The van der Waals surface area contributed by atoms with Crippen molar-refractivity contribution in [1.29, 1.82) is 0 Å². The molecule has 2 aliphatic rings. The van der Waals surface area contributed by atoms with Crippen LogP contribution in [0, 0.1) is 29.1 Å². The Labute approximate surface area is 358 Å². The van der Waals surface area contributed by atoms with Crippen LogP contribution in [0.15, 0.2) is 18.2 Å². The summed E-state index contributed by atoms with van der Waals surface area (Å²) in [5.41, 5.74) is 0.831. The minimum atomic E-state index is -2.36. The molecule has 350 valence electrons. The molecule has 23 heteroatoms. The highest BCUT2D eigenvalue weighted by molar-refractivity contribution is 6.25. The van der Waals surface area contributed by atoms with Gasteiger partial charge in [0.25, 0.3) is 11.8 Å². The second-order valence-corrected chi connectivity index (χ2v) is 13.2. The quantitative estimate of drug-likeness (QED) is 0.0201. The molecule has 63 heavy (non-hydrogen) atoms. The molecule has 4 amide bonds. The van der Waals surface area contributed by atoms with Crippen molar-refractivity contribution in [1.82, 2.24) is 10.2 Å². The molecular formula is C40H50F5N3O15. The number of hydrogen-bond donors (Lipinski definition) is 2. The summed E-state index contributed by atoms with van der Waals surface area (Å²) in [6, 6.07) is 3.81. The molecular weight excluding hydrogens is 857 g/mol. The maximum Gasteiger partial charge on any atom is 0.313 e. The zero-order valence-electron chi connectivity index (χ0n) is 34.3. The number of piperidine rings is 1. The van der Waals surface area contributed by atoms with Crippen LogP contribution in [0.3, 0.4) is 0 Å². The number of amides is 4. The topological polar surface area (TPSA) is 205 Å². The van der Waals surface area contributed by atoms with Crippen LogP contribution in [0.5, 0.6) is 5.75 Å². The van der Waals surface area contributed by atoms with Gasteiger partial charge in [0.2, 0.25) is 46.6 Å². The maximum absolute atomic E-state index is 13.6. The summed E-state index contributed by atoms with van der Waals surface area (Å²) in [4.78, 5) is 62.5. The third-order valence-corrected chi connectivity index (χ3v) is 8.84. The molecule has 2 N–H and O–H groups in total. The van der Waals surface area contributed by atoms with Crippen molar-refractivity contribution >= 4 is 35.3 Å². The van der Waals surface area contributed by atoms with E-state index in [0.29, 0.717) is 98.1 Å². The number of hydrogen-bond acceptors (Lipinski definition) is 16. The first-order chi connectivity index (χ1) is 30.5. The van der Waals surface area contributed by atoms with Crippen LogP contribution in [0.2, 0.25) is 0 Å². The summed E-state index contributed by atoms with van der Waals surface area (Å²) < 4.78 is 119. The average Bonchev–Trinajstić information content (AvgIpc) is 3.53. The minimum absolute atomic E-state index is 0.0452. The fourth-order valence-corrected chi connectivity index (χ4v) is 5.78. The molecule has 4 rings (SSSR count). The van der Waals surface area contributed by atoms with E-state index < -0.39 is 76.9 Å². The van der Waals surface area contributed by atoms with Crippen molar-refractivity contribution in [3.8, 4) is 5.75 Å². The van der Waals surface area contributed by atoms with Crippen molar-refractivity contribution in [2.24, 2.45) is 0 Å². The molecule has 1 unspecified atom stereocenters. The fourth-order valence-electron chi connectivity index (χ4n) is 5.78. The van der Waals surface area contributed by atoms with Gasteiger partial charge in [-0.1, -0.05) is 6.07 Å². The lowest BCUT2D eigenvalue weighted by molar-refractivity contribution is -0.137. The molecule has 0 aliphatic carbocycles. The lowest BCUT2D eigenvalue weighted by atomic mass is 10.0. The van der Waals surface area contributed by atoms with Crippen molar-refractivity contribution in [2.75, 3.05) is 131 Å². The van der Waals surface area contributed by atoms with Gasteiger partial charge in [0.05, 0.1) is 136 Å². The molecule has 0 bridgehead atoms. The largest absolute Gasteiger partial charge is 0.420 e. The van der Waals surface area contributed by atoms with Crippen LogP contribution in [-0.4, -0.2) is 166 Å². The summed E-state index contributed by atoms with van der Waals surface area (Å²) in [7, 11) is 0. The molecule has 0 spiro atoms. The highest BCUT2D eigenvalue weighted by atomic mass is 19.2. The number of nitrogens with one attached hydrogen (secondary N) is 2. The third-order valence-electron chi connectivity index (χ3n) is 8.84.